The molecule has 5 nitrogen and oxygen atoms in total. The molecule has 2 rings (SSSR count). The molecule has 1 aromatic rings. The Balaban J connectivity index is 2.00. The molecule has 0 N–H and O–H groups in total. The highest BCUT2D eigenvalue weighted by Gasteiger charge is 2.21. The Hall–Kier alpha value is -1.30. The Bertz CT molecular complexity index is 587. The number of anilines is 1. The molecule has 0 aliphatic carbocycles. The van der Waals surface area contributed by atoms with Crippen molar-refractivity contribution in [3.63, 3.8) is 0 Å². The Morgan fingerprint density at radius 1 is 1.17 bits per heavy atom. The van der Waals surface area contributed by atoms with Crippen LogP contribution in [0.25, 0.3) is 0 Å². The van der Waals surface area contributed by atoms with Gasteiger partial charge in [-0.3, -0.25) is 9.59 Å². The van der Waals surface area contributed by atoms with Gasteiger partial charge in [0.2, 0.25) is 11.8 Å². The zero-order valence-corrected chi connectivity index (χ0v) is 14.9. The minimum absolute atomic E-state index is 0.0643. The van der Waals surface area contributed by atoms with Gasteiger partial charge in [-0.2, -0.15) is 0 Å². The van der Waals surface area contributed by atoms with Crippen molar-refractivity contribution in [1.82, 2.24) is 9.80 Å². The Morgan fingerprint density at radius 3 is 2.39 bits per heavy atom. The second-order valence-corrected chi connectivity index (χ2v) is 6.54. The van der Waals surface area contributed by atoms with E-state index in [0.29, 0.717) is 22.3 Å². The molecule has 1 heterocycles. The Morgan fingerprint density at radius 2 is 1.83 bits per heavy atom. The zero-order valence-electron chi connectivity index (χ0n) is 13.4. The van der Waals surface area contributed by atoms with E-state index in [1.807, 2.05) is 11.9 Å². The lowest BCUT2D eigenvalue weighted by molar-refractivity contribution is -0.132. The molecule has 2 amide bonds. The SMILES string of the molecule is CC(=O)N(CCC(=O)N1CCN(C)CC1)c1ccc(Cl)cc1Cl. The molecule has 0 atom stereocenters. The summed E-state index contributed by atoms with van der Waals surface area (Å²) in [5.41, 5.74) is 0.578. The van der Waals surface area contributed by atoms with Gasteiger partial charge in [0.1, 0.15) is 0 Å². The highest BCUT2D eigenvalue weighted by atomic mass is 35.5. The van der Waals surface area contributed by atoms with Crippen LogP contribution in [-0.4, -0.2) is 61.4 Å². The highest BCUT2D eigenvalue weighted by Crippen LogP contribution is 2.29. The second kappa shape index (κ2) is 7.99. The summed E-state index contributed by atoms with van der Waals surface area (Å²) in [5.74, 6) is -0.0881. The summed E-state index contributed by atoms with van der Waals surface area (Å²) in [7, 11) is 2.04. The first-order valence-electron chi connectivity index (χ1n) is 7.58. The van der Waals surface area contributed by atoms with Gasteiger partial charge >= 0.3 is 0 Å². The molecule has 126 valence electrons. The van der Waals surface area contributed by atoms with Crippen LogP contribution in [-0.2, 0) is 9.59 Å². The summed E-state index contributed by atoms with van der Waals surface area (Å²) in [6.45, 7) is 5.00. The minimum Gasteiger partial charge on any atom is -0.340 e. The maximum Gasteiger partial charge on any atom is 0.224 e. The van der Waals surface area contributed by atoms with E-state index in [-0.39, 0.29) is 18.2 Å². The fourth-order valence-electron chi connectivity index (χ4n) is 2.57. The van der Waals surface area contributed by atoms with E-state index in [1.165, 1.54) is 11.8 Å². The van der Waals surface area contributed by atoms with Gasteiger partial charge in [-0.25, -0.2) is 0 Å². The summed E-state index contributed by atoms with van der Waals surface area (Å²) >= 11 is 12.1. The number of hydrogen-bond acceptors (Lipinski definition) is 3. The molecule has 7 heteroatoms. The molecule has 1 aromatic carbocycles. The van der Waals surface area contributed by atoms with Crippen LogP contribution in [0.15, 0.2) is 18.2 Å². The molecule has 23 heavy (non-hydrogen) atoms. The number of carbonyl (C=O) groups excluding carboxylic acids is 2. The summed E-state index contributed by atoms with van der Waals surface area (Å²) in [6.07, 6.45) is 0.280. The first-order chi connectivity index (χ1) is 10.9. The van der Waals surface area contributed by atoms with Crippen LogP contribution in [0, 0.1) is 0 Å². The molecule has 0 saturated carbocycles. The van der Waals surface area contributed by atoms with Gasteiger partial charge in [0.25, 0.3) is 0 Å². The molecule has 1 aliphatic rings. The molecule has 0 bridgehead atoms. The molecular formula is C16H21Cl2N3O2. The number of carbonyl (C=O) groups is 2. The number of piperazine rings is 1. The van der Waals surface area contributed by atoms with Crippen LogP contribution in [0.4, 0.5) is 5.69 Å². The Labute approximate surface area is 146 Å². The molecule has 0 spiro atoms. The quantitative estimate of drug-likeness (QED) is 0.831. The zero-order chi connectivity index (χ0) is 17.0. The summed E-state index contributed by atoms with van der Waals surface area (Å²) in [6, 6.07) is 4.98. The maximum atomic E-state index is 12.3. The molecule has 1 aliphatic heterocycles. The van der Waals surface area contributed by atoms with Gasteiger partial charge in [-0.05, 0) is 25.2 Å². The van der Waals surface area contributed by atoms with Crippen LogP contribution in [0.1, 0.15) is 13.3 Å². The normalized spacial score (nSPS) is 15.6. The van der Waals surface area contributed by atoms with Gasteiger partial charge in [-0.1, -0.05) is 23.2 Å². The number of benzene rings is 1. The van der Waals surface area contributed by atoms with Gasteiger partial charge in [0.15, 0.2) is 0 Å². The average Bonchev–Trinajstić information content (AvgIpc) is 2.49. The van der Waals surface area contributed by atoms with E-state index in [2.05, 4.69) is 4.90 Å². The van der Waals surface area contributed by atoms with Crippen LogP contribution in [0.5, 0.6) is 0 Å². The van der Waals surface area contributed by atoms with Gasteiger partial charge in [-0.15, -0.1) is 0 Å². The third-order valence-corrected chi connectivity index (χ3v) is 4.52. The lowest BCUT2D eigenvalue weighted by Gasteiger charge is -2.33. The van der Waals surface area contributed by atoms with E-state index in [1.54, 1.807) is 18.2 Å². The monoisotopic (exact) mass is 357 g/mol. The van der Waals surface area contributed by atoms with Gasteiger partial charge in [0, 0.05) is 51.1 Å². The molecule has 0 unspecified atom stereocenters. The van der Waals surface area contributed by atoms with Crippen molar-refractivity contribution >= 4 is 40.7 Å². The van der Waals surface area contributed by atoms with E-state index in [0.717, 1.165) is 26.2 Å². The predicted molar refractivity (Wildman–Crippen MR) is 93.2 cm³/mol. The highest BCUT2D eigenvalue weighted by molar-refractivity contribution is 6.36. The largest absolute Gasteiger partial charge is 0.340 e. The molecule has 0 aromatic heterocycles. The van der Waals surface area contributed by atoms with Crippen molar-refractivity contribution in [2.75, 3.05) is 44.7 Å². The van der Waals surface area contributed by atoms with Crippen LogP contribution < -0.4 is 4.90 Å². The fourth-order valence-corrected chi connectivity index (χ4v) is 3.08. The molecule has 1 saturated heterocycles. The number of halogens is 2. The summed E-state index contributed by atoms with van der Waals surface area (Å²) in [5, 5.41) is 0.913. The topological polar surface area (TPSA) is 43.9 Å². The van der Waals surface area contributed by atoms with Crippen molar-refractivity contribution in [3.8, 4) is 0 Å². The number of nitrogens with zero attached hydrogens (tertiary/aromatic N) is 3. The van der Waals surface area contributed by atoms with E-state index in [9.17, 15) is 9.59 Å². The number of hydrogen-bond donors (Lipinski definition) is 0. The van der Waals surface area contributed by atoms with Gasteiger partial charge in [0.05, 0.1) is 10.7 Å². The molecule has 0 radical (unpaired) electrons. The third-order valence-electron chi connectivity index (χ3n) is 3.99. The van der Waals surface area contributed by atoms with Crippen molar-refractivity contribution in [2.45, 2.75) is 13.3 Å². The smallest absolute Gasteiger partial charge is 0.224 e. The first-order valence-corrected chi connectivity index (χ1v) is 8.33. The second-order valence-electron chi connectivity index (χ2n) is 5.70. The van der Waals surface area contributed by atoms with Crippen molar-refractivity contribution in [3.05, 3.63) is 28.2 Å². The number of amides is 2. The lowest BCUT2D eigenvalue weighted by atomic mass is 10.2. The minimum atomic E-state index is -0.152. The third kappa shape index (κ3) is 4.83. The standard InChI is InChI=1S/C16H21Cl2N3O2/c1-12(22)21(15-4-3-13(17)11-14(15)18)6-5-16(23)20-9-7-19(2)8-10-20/h3-4,11H,5-10H2,1-2H3. The van der Waals surface area contributed by atoms with Crippen molar-refractivity contribution in [2.24, 2.45) is 0 Å². The summed E-state index contributed by atoms with van der Waals surface area (Å²) in [4.78, 5) is 29.8. The average molecular weight is 358 g/mol. The van der Waals surface area contributed by atoms with E-state index >= 15 is 0 Å². The van der Waals surface area contributed by atoms with Crippen LogP contribution in [0.3, 0.4) is 0 Å². The van der Waals surface area contributed by atoms with Crippen molar-refractivity contribution < 1.29 is 9.59 Å². The van der Waals surface area contributed by atoms with Crippen molar-refractivity contribution in [1.29, 1.82) is 0 Å². The first kappa shape index (κ1) is 18.0. The van der Waals surface area contributed by atoms with Crippen LogP contribution in [0.2, 0.25) is 10.0 Å². The molecule has 1 fully saturated rings. The maximum absolute atomic E-state index is 12.3. The fraction of sp³-hybridized carbons (Fsp3) is 0.500. The lowest BCUT2D eigenvalue weighted by Crippen LogP contribution is -2.47. The van der Waals surface area contributed by atoms with Crippen LogP contribution >= 0.6 is 23.2 Å². The molecular weight excluding hydrogens is 337 g/mol. The van der Waals surface area contributed by atoms with Gasteiger partial charge < -0.3 is 14.7 Å². The summed E-state index contributed by atoms with van der Waals surface area (Å²) < 4.78 is 0. The number of rotatable bonds is 4. The number of likely N-dealkylation sites (N-methyl/N-ethyl adjacent to an activating group) is 1. The van der Waals surface area contributed by atoms with E-state index in [4.69, 9.17) is 23.2 Å². The predicted octanol–water partition coefficient (Wildman–Crippen LogP) is 2.51. The van der Waals surface area contributed by atoms with E-state index < -0.39 is 0 Å². The Kier molecular flexibility index (Phi) is 6.27.